The molecule has 1 aromatic carbocycles. The van der Waals surface area contributed by atoms with Crippen LogP contribution in [0.2, 0.25) is 0 Å². The lowest BCUT2D eigenvalue weighted by Crippen LogP contribution is -2.22. The molecular formula is C15H22NOP. The third-order valence-electron chi connectivity index (χ3n) is 3.69. The first-order valence-corrected chi connectivity index (χ1v) is 8.76. The summed E-state index contributed by atoms with van der Waals surface area (Å²) in [7, 11) is -2.16. The van der Waals surface area contributed by atoms with Gasteiger partial charge >= 0.3 is 0 Å². The van der Waals surface area contributed by atoms with E-state index in [2.05, 4.69) is 56.0 Å². The normalized spacial score (nSPS) is 22.9. The predicted molar refractivity (Wildman–Crippen MR) is 80.7 cm³/mol. The Hall–Kier alpha value is -1.01. The van der Waals surface area contributed by atoms with Gasteiger partial charge in [0.25, 0.3) is 0 Å². The van der Waals surface area contributed by atoms with Gasteiger partial charge in [0.05, 0.1) is 0 Å². The molecule has 2 nitrogen and oxygen atoms in total. The lowest BCUT2D eigenvalue weighted by atomic mass is 10.3. The smallest absolute Gasteiger partial charge is 0.123 e. The van der Waals surface area contributed by atoms with E-state index in [0.717, 1.165) is 30.7 Å². The molecule has 3 heteroatoms. The van der Waals surface area contributed by atoms with Crippen molar-refractivity contribution < 1.29 is 4.57 Å². The third-order valence-corrected chi connectivity index (χ3v) is 6.71. The molecule has 1 aromatic rings. The van der Waals surface area contributed by atoms with Crippen molar-refractivity contribution in [3.05, 3.63) is 35.9 Å². The average Bonchev–Trinajstić information content (AvgIpc) is 2.73. The highest BCUT2D eigenvalue weighted by molar-refractivity contribution is 7.72. The van der Waals surface area contributed by atoms with Crippen LogP contribution in [0.1, 0.15) is 20.8 Å². The molecule has 0 aromatic heterocycles. The van der Waals surface area contributed by atoms with Gasteiger partial charge in [-0.05, 0) is 45.0 Å². The topological polar surface area (TPSA) is 20.3 Å². The summed E-state index contributed by atoms with van der Waals surface area (Å²) in [6.07, 6.45) is 3.63. The monoisotopic (exact) mass is 263 g/mol. The van der Waals surface area contributed by atoms with Crippen molar-refractivity contribution in [2.75, 3.05) is 30.3 Å². The number of rotatable bonds is 4. The fourth-order valence-corrected chi connectivity index (χ4v) is 5.31. The van der Waals surface area contributed by atoms with Gasteiger partial charge in [-0.15, -0.1) is 0 Å². The molecule has 18 heavy (non-hydrogen) atoms. The van der Waals surface area contributed by atoms with Crippen LogP contribution in [-0.4, -0.2) is 25.4 Å². The van der Waals surface area contributed by atoms with Crippen LogP contribution in [-0.2, 0) is 4.57 Å². The summed E-state index contributed by atoms with van der Waals surface area (Å²) in [5.74, 6) is 0. The molecule has 0 unspecified atom stereocenters. The number of hydrogen-bond acceptors (Lipinski definition) is 2. The second kappa shape index (κ2) is 5.32. The molecule has 1 atom stereocenters. The Morgan fingerprint density at radius 3 is 2.22 bits per heavy atom. The zero-order valence-corrected chi connectivity index (χ0v) is 12.4. The van der Waals surface area contributed by atoms with Crippen molar-refractivity contribution in [1.82, 2.24) is 0 Å². The molecule has 0 saturated heterocycles. The van der Waals surface area contributed by atoms with Crippen LogP contribution < -0.4 is 10.2 Å². The van der Waals surface area contributed by atoms with Crippen molar-refractivity contribution in [1.29, 1.82) is 0 Å². The van der Waals surface area contributed by atoms with Crippen molar-refractivity contribution in [2.24, 2.45) is 0 Å². The third kappa shape index (κ3) is 2.54. The highest BCUT2D eigenvalue weighted by Gasteiger charge is 2.28. The number of hydrogen-bond donors (Lipinski definition) is 0. The average molecular weight is 263 g/mol. The SMILES string of the molecule is CCN(CC)c1ccc([P@@]2(=O)CC=C(C)C2)cc1. The van der Waals surface area contributed by atoms with Crippen LogP contribution in [0.15, 0.2) is 35.9 Å². The Balaban J connectivity index is 2.21. The summed E-state index contributed by atoms with van der Waals surface area (Å²) >= 11 is 0. The molecule has 0 bridgehead atoms. The molecule has 0 spiro atoms. The zero-order chi connectivity index (χ0) is 13.2. The molecule has 0 aliphatic carbocycles. The van der Waals surface area contributed by atoms with E-state index in [1.807, 2.05) is 0 Å². The second-order valence-electron chi connectivity index (χ2n) is 4.97. The van der Waals surface area contributed by atoms with E-state index in [4.69, 9.17) is 0 Å². The quantitative estimate of drug-likeness (QED) is 0.612. The summed E-state index contributed by atoms with van der Waals surface area (Å²) in [6, 6.07) is 8.33. The maximum Gasteiger partial charge on any atom is 0.123 e. The van der Waals surface area contributed by atoms with Gasteiger partial charge in [-0.1, -0.05) is 11.6 Å². The summed E-state index contributed by atoms with van der Waals surface area (Å²) < 4.78 is 12.8. The number of anilines is 1. The standard InChI is InChI=1S/C15H22NOP/c1-4-16(5-2)14-6-8-15(9-7-14)18(17)11-10-13(3)12-18/h6-10H,4-5,11-12H2,1-3H3/t18-/m1/s1. The maximum atomic E-state index is 12.8. The number of benzene rings is 1. The Kier molecular flexibility index (Phi) is 3.97. The van der Waals surface area contributed by atoms with E-state index in [1.165, 1.54) is 11.3 Å². The first kappa shape index (κ1) is 13.4. The van der Waals surface area contributed by atoms with Crippen LogP contribution >= 0.6 is 7.14 Å². The Morgan fingerprint density at radius 1 is 1.17 bits per heavy atom. The molecule has 0 amide bonds. The van der Waals surface area contributed by atoms with Gasteiger partial charge in [-0.25, -0.2) is 0 Å². The predicted octanol–water partition coefficient (Wildman–Crippen LogP) is 3.48. The lowest BCUT2D eigenvalue weighted by molar-refractivity contribution is 0.585. The molecule has 0 N–H and O–H groups in total. The van der Waals surface area contributed by atoms with Crippen molar-refractivity contribution in [2.45, 2.75) is 20.8 Å². The van der Waals surface area contributed by atoms with Crippen molar-refractivity contribution in [3.63, 3.8) is 0 Å². The van der Waals surface area contributed by atoms with E-state index in [1.54, 1.807) is 0 Å². The summed E-state index contributed by atoms with van der Waals surface area (Å²) in [5, 5.41) is 1.03. The fraction of sp³-hybridized carbons (Fsp3) is 0.467. The van der Waals surface area contributed by atoms with Gasteiger partial charge in [0.15, 0.2) is 0 Å². The second-order valence-corrected chi connectivity index (χ2v) is 7.95. The molecule has 1 heterocycles. The Bertz CT molecular complexity index is 486. The number of allylic oxidation sites excluding steroid dienone is 2. The van der Waals surface area contributed by atoms with Gasteiger partial charge in [0, 0.05) is 36.4 Å². The van der Waals surface area contributed by atoms with Crippen LogP contribution in [0.4, 0.5) is 5.69 Å². The molecule has 1 aliphatic rings. The largest absolute Gasteiger partial charge is 0.372 e. The first-order chi connectivity index (χ1) is 8.59. The van der Waals surface area contributed by atoms with Crippen molar-refractivity contribution in [3.8, 4) is 0 Å². The highest BCUT2D eigenvalue weighted by Crippen LogP contribution is 2.50. The van der Waals surface area contributed by atoms with Gasteiger partial charge in [-0.3, -0.25) is 0 Å². The molecule has 2 rings (SSSR count). The van der Waals surface area contributed by atoms with Crippen LogP contribution in [0, 0.1) is 0 Å². The van der Waals surface area contributed by atoms with Gasteiger partial charge in [0.1, 0.15) is 7.14 Å². The zero-order valence-electron chi connectivity index (χ0n) is 11.5. The minimum absolute atomic E-state index is 0.740. The Morgan fingerprint density at radius 2 is 1.78 bits per heavy atom. The fourth-order valence-electron chi connectivity index (χ4n) is 2.56. The van der Waals surface area contributed by atoms with E-state index < -0.39 is 7.14 Å². The van der Waals surface area contributed by atoms with E-state index in [0.29, 0.717) is 0 Å². The van der Waals surface area contributed by atoms with E-state index in [-0.39, 0.29) is 0 Å². The minimum atomic E-state index is -2.16. The summed E-state index contributed by atoms with van der Waals surface area (Å²) in [6.45, 7) is 8.40. The highest BCUT2D eigenvalue weighted by atomic mass is 31.2. The molecule has 0 saturated carbocycles. The van der Waals surface area contributed by atoms with Crippen LogP contribution in [0.5, 0.6) is 0 Å². The van der Waals surface area contributed by atoms with E-state index in [9.17, 15) is 4.57 Å². The maximum absolute atomic E-state index is 12.8. The van der Waals surface area contributed by atoms with Crippen molar-refractivity contribution >= 4 is 18.1 Å². The van der Waals surface area contributed by atoms with Gasteiger partial charge in [-0.2, -0.15) is 0 Å². The molecule has 0 fully saturated rings. The van der Waals surface area contributed by atoms with Gasteiger partial charge < -0.3 is 9.46 Å². The van der Waals surface area contributed by atoms with E-state index >= 15 is 0 Å². The van der Waals surface area contributed by atoms with Crippen LogP contribution in [0.25, 0.3) is 0 Å². The van der Waals surface area contributed by atoms with Gasteiger partial charge in [0.2, 0.25) is 0 Å². The minimum Gasteiger partial charge on any atom is -0.372 e. The molecule has 0 radical (unpaired) electrons. The molecular weight excluding hydrogens is 241 g/mol. The number of nitrogens with zero attached hydrogens (tertiary/aromatic N) is 1. The lowest BCUT2D eigenvalue weighted by Gasteiger charge is -2.22. The summed E-state index contributed by atoms with van der Waals surface area (Å²) in [5.41, 5.74) is 2.49. The Labute approximate surface area is 110 Å². The molecule has 1 aliphatic heterocycles. The first-order valence-electron chi connectivity index (χ1n) is 6.68. The summed E-state index contributed by atoms with van der Waals surface area (Å²) in [4.78, 5) is 2.30. The molecule has 98 valence electrons. The van der Waals surface area contributed by atoms with Crippen LogP contribution in [0.3, 0.4) is 0 Å².